The molecule has 1 aliphatic carbocycles. The zero-order valence-electron chi connectivity index (χ0n) is 34.2. The highest BCUT2D eigenvalue weighted by Gasteiger charge is 2.29. The maximum atomic E-state index is 9.12. The summed E-state index contributed by atoms with van der Waals surface area (Å²) in [4.78, 5) is 4.34. The van der Waals surface area contributed by atoms with Gasteiger partial charge in [-0.1, -0.05) is 103 Å². The SMILES string of the molecule is [3H]c1ccc(N2c3ccc(C)cc3Oc3cc(-c4ccc5c(c4)Oc4cc(-c6ccc7c(c6)C([3H])([3H])c6cc(C)ccc6-7)ccc4N5c4ccc([3H])cc4)ccc32)cc1. The van der Waals surface area contributed by atoms with E-state index in [1.165, 1.54) is 0 Å². The first-order valence-electron chi connectivity index (χ1n) is 20.5. The van der Waals surface area contributed by atoms with Crippen LogP contribution in [0, 0.1) is 13.8 Å². The summed E-state index contributed by atoms with van der Waals surface area (Å²) in [6.07, 6.45) is -1.61. The van der Waals surface area contributed by atoms with E-state index in [0.29, 0.717) is 34.7 Å². The number of ether oxygens (including phenoxy) is 2. The van der Waals surface area contributed by atoms with Gasteiger partial charge in [-0.05, 0) is 143 Å². The summed E-state index contributed by atoms with van der Waals surface area (Å²) in [6, 6.07) is 52.9. The van der Waals surface area contributed by atoms with Gasteiger partial charge in [0.15, 0.2) is 23.0 Å². The van der Waals surface area contributed by atoms with E-state index < -0.39 is 6.37 Å². The van der Waals surface area contributed by atoms with Gasteiger partial charge >= 0.3 is 0 Å². The molecule has 0 saturated heterocycles. The fourth-order valence-electron chi connectivity index (χ4n) is 8.08. The van der Waals surface area contributed by atoms with E-state index in [4.69, 9.17) is 15.0 Å². The van der Waals surface area contributed by atoms with Crippen LogP contribution in [0.25, 0.3) is 33.4 Å². The van der Waals surface area contributed by atoms with Crippen LogP contribution in [0.5, 0.6) is 23.0 Å². The number of para-hydroxylation sites is 2. The van der Waals surface area contributed by atoms with Gasteiger partial charge in [0, 0.05) is 14.1 Å². The fraction of sp³-hybridized carbons (Fsp3) is 0.0588. The van der Waals surface area contributed by atoms with Gasteiger partial charge in [-0.2, -0.15) is 0 Å². The second-order valence-corrected chi connectivity index (χ2v) is 14.3. The van der Waals surface area contributed by atoms with Crippen LogP contribution in [0.2, 0.25) is 0 Å². The van der Waals surface area contributed by atoms with Gasteiger partial charge in [-0.25, -0.2) is 0 Å². The van der Waals surface area contributed by atoms with Gasteiger partial charge in [0.05, 0.1) is 25.5 Å². The number of rotatable bonds is 4. The number of aryl methyl sites for hydroxylation is 2. The molecule has 0 unspecified atom stereocenters. The number of nitrogens with zero attached hydrogens (tertiary/aromatic N) is 2. The predicted molar refractivity (Wildman–Crippen MR) is 225 cm³/mol. The molecule has 0 bridgehead atoms. The summed E-state index contributed by atoms with van der Waals surface area (Å²) in [6.45, 7) is 4.05. The van der Waals surface area contributed by atoms with E-state index in [2.05, 4.69) is 89.5 Å². The molecule has 0 amide bonds. The average Bonchev–Trinajstić information content (AvgIpc) is 3.46. The van der Waals surface area contributed by atoms with Crippen LogP contribution in [-0.2, 0) is 6.37 Å². The lowest BCUT2D eigenvalue weighted by molar-refractivity contribution is 0.476. The van der Waals surface area contributed by atoms with Gasteiger partial charge in [0.25, 0.3) is 0 Å². The second-order valence-electron chi connectivity index (χ2n) is 14.3. The number of anilines is 6. The Balaban J connectivity index is 0.991. The number of fused-ring (bicyclic) bond motifs is 7. The van der Waals surface area contributed by atoms with Gasteiger partial charge in [-0.3, -0.25) is 0 Å². The highest BCUT2D eigenvalue weighted by Crippen LogP contribution is 2.54. The molecule has 0 aromatic heterocycles. The lowest BCUT2D eigenvalue weighted by atomic mass is 9.97. The van der Waals surface area contributed by atoms with E-state index in [0.717, 1.165) is 90.1 Å². The molecule has 0 saturated carbocycles. The Kier molecular flexibility index (Phi) is 6.14. The largest absolute Gasteiger partial charge is 0.453 e. The average molecular weight is 717 g/mol. The molecular weight excluding hydrogens is 673 g/mol. The minimum atomic E-state index is -1.61. The Hall–Kier alpha value is -7.04. The molecule has 0 fully saturated rings. The van der Waals surface area contributed by atoms with Crippen molar-refractivity contribution in [3.05, 3.63) is 192 Å². The van der Waals surface area contributed by atoms with E-state index in [9.17, 15) is 0 Å². The van der Waals surface area contributed by atoms with E-state index >= 15 is 0 Å². The summed E-state index contributed by atoms with van der Waals surface area (Å²) in [7, 11) is 0. The molecular formula is C51H36N2O2. The molecule has 2 aliphatic heterocycles. The van der Waals surface area contributed by atoms with Crippen molar-refractivity contribution < 1.29 is 15.0 Å². The highest BCUT2D eigenvalue weighted by molar-refractivity contribution is 5.92. The summed E-state index contributed by atoms with van der Waals surface area (Å²) in [5.41, 5.74) is 14.5. The smallest absolute Gasteiger partial charge is 0.152 e. The van der Waals surface area contributed by atoms with Crippen LogP contribution in [0.3, 0.4) is 0 Å². The second kappa shape index (κ2) is 12.3. The van der Waals surface area contributed by atoms with Crippen molar-refractivity contribution in [2.75, 3.05) is 9.80 Å². The topological polar surface area (TPSA) is 24.9 Å². The maximum absolute atomic E-state index is 9.12. The summed E-state index contributed by atoms with van der Waals surface area (Å²) < 4.78 is 47.9. The third-order valence-corrected chi connectivity index (χ3v) is 10.7. The van der Waals surface area contributed by atoms with Crippen LogP contribution in [0.1, 0.15) is 27.7 Å². The Morgan fingerprint density at radius 2 is 0.818 bits per heavy atom. The molecule has 4 nitrogen and oxygen atoms in total. The summed E-state index contributed by atoms with van der Waals surface area (Å²) in [5, 5.41) is 0. The first kappa shape index (κ1) is 27.5. The molecule has 0 atom stereocenters. The molecule has 2 heterocycles. The molecule has 0 spiro atoms. The Labute approximate surface area is 326 Å². The summed E-state index contributed by atoms with van der Waals surface area (Å²) >= 11 is 0. The maximum Gasteiger partial charge on any atom is 0.152 e. The summed E-state index contributed by atoms with van der Waals surface area (Å²) in [5.74, 6) is 2.83. The van der Waals surface area contributed by atoms with Crippen LogP contribution >= 0.6 is 0 Å². The van der Waals surface area contributed by atoms with Gasteiger partial charge in [-0.15, -0.1) is 0 Å². The number of benzene rings is 8. The molecule has 8 aromatic carbocycles. The Morgan fingerprint density at radius 3 is 1.35 bits per heavy atom. The minimum Gasteiger partial charge on any atom is -0.453 e. The lowest BCUT2D eigenvalue weighted by Gasteiger charge is -2.34. The van der Waals surface area contributed by atoms with Crippen LogP contribution in [0.4, 0.5) is 34.1 Å². The molecule has 4 heteroatoms. The third kappa shape index (κ3) is 5.21. The van der Waals surface area contributed by atoms with Crippen molar-refractivity contribution in [1.82, 2.24) is 0 Å². The minimum absolute atomic E-state index is 0.432. The molecule has 11 rings (SSSR count). The van der Waals surface area contributed by atoms with Gasteiger partial charge in [0.1, 0.15) is 0 Å². The van der Waals surface area contributed by atoms with Crippen molar-refractivity contribution in [2.45, 2.75) is 20.2 Å². The van der Waals surface area contributed by atoms with Crippen molar-refractivity contribution in [3.63, 3.8) is 0 Å². The van der Waals surface area contributed by atoms with Crippen LogP contribution in [-0.4, -0.2) is 0 Å². The van der Waals surface area contributed by atoms with Crippen LogP contribution in [0.15, 0.2) is 170 Å². The lowest BCUT2D eigenvalue weighted by Crippen LogP contribution is -2.16. The first-order valence-corrected chi connectivity index (χ1v) is 18.5. The van der Waals surface area contributed by atoms with Crippen molar-refractivity contribution in [1.29, 1.82) is 0 Å². The predicted octanol–water partition coefficient (Wildman–Crippen LogP) is 14.4. The molecule has 55 heavy (non-hydrogen) atoms. The Bertz CT molecular complexity index is 3030. The zero-order chi connectivity index (χ0) is 40.2. The molecule has 3 aliphatic rings. The van der Waals surface area contributed by atoms with Gasteiger partial charge < -0.3 is 19.3 Å². The normalized spacial score (nSPS) is 15.0. The quantitative estimate of drug-likeness (QED) is 0.181. The van der Waals surface area contributed by atoms with Crippen molar-refractivity contribution in [3.8, 4) is 56.4 Å². The van der Waals surface area contributed by atoms with Crippen molar-refractivity contribution >= 4 is 34.1 Å². The Morgan fingerprint density at radius 1 is 0.436 bits per heavy atom. The van der Waals surface area contributed by atoms with Crippen LogP contribution < -0.4 is 19.3 Å². The third-order valence-electron chi connectivity index (χ3n) is 10.7. The van der Waals surface area contributed by atoms with E-state index in [1.54, 1.807) is 24.3 Å². The van der Waals surface area contributed by atoms with E-state index in [1.807, 2.05) is 67.6 Å². The first-order chi connectivity index (χ1) is 28.6. The fourth-order valence-corrected chi connectivity index (χ4v) is 8.08. The van der Waals surface area contributed by atoms with E-state index in [-0.39, 0.29) is 0 Å². The molecule has 0 N–H and O–H groups in total. The monoisotopic (exact) mass is 716 g/mol. The molecule has 262 valence electrons. The van der Waals surface area contributed by atoms with Crippen molar-refractivity contribution in [2.24, 2.45) is 0 Å². The number of hydrogen-bond donors (Lipinski definition) is 0. The zero-order valence-corrected chi connectivity index (χ0v) is 30.2. The number of hydrogen-bond acceptors (Lipinski definition) is 4. The molecule has 8 aromatic rings. The standard InChI is InChI=1S/C51H36N2O2/c1-32-13-19-42-38(25-32)28-39-27-34(15-20-43(39)42)35-16-22-46-50(29-35)55-51-31-37(18-24-47(51)53(46)41-11-7-4-8-12-41)36-17-23-45-49(30-36)54-48-26-33(2)14-21-44(48)52(45)40-9-5-3-6-10-40/h3-27,29-31H,28H2,1-2H3/i3T,4T,28T2. The highest BCUT2D eigenvalue weighted by atomic mass is 16.5. The van der Waals surface area contributed by atoms with Gasteiger partial charge in [0.2, 0.25) is 0 Å². The molecule has 0 radical (unpaired) electrons.